The van der Waals surface area contributed by atoms with Crippen molar-refractivity contribution in [3.05, 3.63) is 87.3 Å². The molecular formula is C22H17F4N3O4. The minimum absolute atomic E-state index is 0.116. The van der Waals surface area contributed by atoms with Gasteiger partial charge in [0.25, 0.3) is 5.91 Å². The van der Waals surface area contributed by atoms with Crippen molar-refractivity contribution in [2.45, 2.75) is 25.2 Å². The molecule has 0 unspecified atom stereocenters. The number of carbonyl (C=O) groups is 1. The van der Waals surface area contributed by atoms with Gasteiger partial charge in [0, 0.05) is 24.9 Å². The molecule has 2 N–H and O–H groups in total. The molecule has 0 radical (unpaired) electrons. The number of fused-ring (bicyclic) bond motifs is 1. The smallest absolute Gasteiger partial charge is 0.491 e. The first-order valence-electron chi connectivity index (χ1n) is 9.75. The number of aromatic nitrogens is 2. The summed E-state index contributed by atoms with van der Waals surface area (Å²) in [6, 6.07) is 7.12. The van der Waals surface area contributed by atoms with E-state index in [1.54, 1.807) is 13.0 Å². The Morgan fingerprint density at radius 3 is 2.70 bits per heavy atom. The van der Waals surface area contributed by atoms with Gasteiger partial charge in [0.15, 0.2) is 11.6 Å². The minimum atomic E-state index is -5.07. The third-order valence-corrected chi connectivity index (χ3v) is 5.25. The van der Waals surface area contributed by atoms with E-state index in [9.17, 15) is 27.2 Å². The molecule has 3 aromatic rings. The van der Waals surface area contributed by atoms with Gasteiger partial charge in [-0.25, -0.2) is 4.39 Å². The standard InChI is InChI=1S/C22H17F4N3O4/c1-12-6-8-27-19-18(12)32-9-7-21(19,29-20(31)13-2-5-17(30)28-11-13)14-3-4-16(15(23)10-14)33-22(24,25)26/h2-6,8,10-11H,7,9H2,1H3,(H,28,30)(H,29,31)/t21-/m0/s1. The third kappa shape index (κ3) is 4.38. The summed E-state index contributed by atoms with van der Waals surface area (Å²) in [7, 11) is 0. The molecular weight excluding hydrogens is 446 g/mol. The van der Waals surface area contributed by atoms with Crippen molar-refractivity contribution in [1.29, 1.82) is 0 Å². The van der Waals surface area contributed by atoms with E-state index in [1.807, 2.05) is 0 Å². The fourth-order valence-corrected chi connectivity index (χ4v) is 3.72. The zero-order valence-electron chi connectivity index (χ0n) is 17.1. The van der Waals surface area contributed by atoms with Gasteiger partial charge in [0.2, 0.25) is 5.56 Å². The second-order valence-corrected chi connectivity index (χ2v) is 7.40. The maximum Gasteiger partial charge on any atom is 0.573 e. The number of carbonyl (C=O) groups excluding carboxylic acids is 1. The van der Waals surface area contributed by atoms with Crippen molar-refractivity contribution < 1.29 is 31.8 Å². The molecule has 1 aliphatic rings. The maximum atomic E-state index is 14.6. The highest BCUT2D eigenvalue weighted by Gasteiger charge is 2.44. The quantitative estimate of drug-likeness (QED) is 0.577. The minimum Gasteiger partial charge on any atom is -0.491 e. The topological polar surface area (TPSA) is 93.3 Å². The van der Waals surface area contributed by atoms with Gasteiger partial charge >= 0.3 is 6.36 Å². The van der Waals surface area contributed by atoms with Crippen molar-refractivity contribution >= 4 is 5.91 Å². The number of H-pyrrole nitrogens is 1. The molecule has 0 fully saturated rings. The molecule has 33 heavy (non-hydrogen) atoms. The largest absolute Gasteiger partial charge is 0.573 e. The van der Waals surface area contributed by atoms with Crippen LogP contribution in [0.4, 0.5) is 17.6 Å². The van der Waals surface area contributed by atoms with Crippen molar-refractivity contribution in [1.82, 2.24) is 15.3 Å². The third-order valence-electron chi connectivity index (χ3n) is 5.25. The van der Waals surface area contributed by atoms with Crippen molar-refractivity contribution in [2.75, 3.05) is 6.61 Å². The molecule has 0 bridgehead atoms. The molecule has 0 saturated carbocycles. The zero-order chi connectivity index (χ0) is 23.8. The number of hydrogen-bond acceptors (Lipinski definition) is 5. The monoisotopic (exact) mass is 463 g/mol. The number of benzene rings is 1. The number of amides is 1. The fourth-order valence-electron chi connectivity index (χ4n) is 3.72. The molecule has 0 spiro atoms. The summed E-state index contributed by atoms with van der Waals surface area (Å²) in [6.45, 7) is 1.88. The summed E-state index contributed by atoms with van der Waals surface area (Å²) >= 11 is 0. The van der Waals surface area contributed by atoms with Crippen LogP contribution in [0.2, 0.25) is 0 Å². The number of alkyl halides is 3. The Bertz CT molecular complexity index is 1250. The van der Waals surface area contributed by atoms with E-state index >= 15 is 0 Å². The lowest BCUT2D eigenvalue weighted by atomic mass is 9.80. The summed E-state index contributed by atoms with van der Waals surface area (Å²) in [5, 5.41) is 2.83. The van der Waals surface area contributed by atoms with E-state index < -0.39 is 34.9 Å². The highest BCUT2D eigenvalue weighted by atomic mass is 19.4. The number of hydrogen-bond donors (Lipinski definition) is 2. The highest BCUT2D eigenvalue weighted by molar-refractivity contribution is 5.94. The van der Waals surface area contributed by atoms with E-state index in [0.717, 1.165) is 12.1 Å². The molecule has 1 atom stereocenters. The summed E-state index contributed by atoms with van der Waals surface area (Å²) in [6.07, 6.45) is -2.25. The lowest BCUT2D eigenvalue weighted by Gasteiger charge is -2.39. The van der Waals surface area contributed by atoms with Crippen LogP contribution in [-0.2, 0) is 5.54 Å². The summed E-state index contributed by atoms with van der Waals surface area (Å²) in [5.41, 5.74) is -0.584. The molecule has 172 valence electrons. The first kappa shape index (κ1) is 22.3. The number of ether oxygens (including phenoxy) is 2. The van der Waals surface area contributed by atoms with Gasteiger partial charge in [0.05, 0.1) is 12.2 Å². The van der Waals surface area contributed by atoms with Gasteiger partial charge in [-0.3, -0.25) is 14.6 Å². The number of nitrogens with one attached hydrogen (secondary N) is 2. The van der Waals surface area contributed by atoms with Crippen LogP contribution in [0.25, 0.3) is 0 Å². The predicted octanol–water partition coefficient (Wildman–Crippen LogP) is 3.57. The van der Waals surface area contributed by atoms with Gasteiger partial charge < -0.3 is 19.8 Å². The first-order chi connectivity index (χ1) is 15.6. The van der Waals surface area contributed by atoms with Crippen LogP contribution in [0.1, 0.15) is 33.6 Å². The number of pyridine rings is 2. The van der Waals surface area contributed by atoms with Crippen LogP contribution in [0.5, 0.6) is 11.5 Å². The lowest BCUT2D eigenvalue weighted by molar-refractivity contribution is -0.275. The molecule has 0 saturated heterocycles. The Hall–Kier alpha value is -3.89. The predicted molar refractivity (Wildman–Crippen MR) is 107 cm³/mol. The molecule has 7 nitrogen and oxygen atoms in total. The van der Waals surface area contributed by atoms with Gasteiger partial charge in [-0.05, 0) is 42.3 Å². The van der Waals surface area contributed by atoms with Crippen LogP contribution >= 0.6 is 0 Å². The van der Waals surface area contributed by atoms with Gasteiger partial charge in [-0.15, -0.1) is 13.2 Å². The van der Waals surface area contributed by atoms with E-state index in [1.165, 1.54) is 30.6 Å². The van der Waals surface area contributed by atoms with E-state index in [2.05, 4.69) is 20.0 Å². The first-order valence-corrected chi connectivity index (χ1v) is 9.75. The highest BCUT2D eigenvalue weighted by Crippen LogP contribution is 2.43. The van der Waals surface area contributed by atoms with E-state index in [0.29, 0.717) is 11.3 Å². The van der Waals surface area contributed by atoms with Crippen LogP contribution in [-0.4, -0.2) is 28.8 Å². The number of aromatic amines is 1. The molecule has 0 aliphatic carbocycles. The van der Waals surface area contributed by atoms with E-state index in [4.69, 9.17) is 4.74 Å². The molecule has 3 heterocycles. The number of halogens is 4. The van der Waals surface area contributed by atoms with Gasteiger partial charge in [0.1, 0.15) is 17.0 Å². The normalized spacial score (nSPS) is 17.6. The fraction of sp³-hybridized carbons (Fsp3) is 0.227. The number of rotatable bonds is 4. The number of aryl methyl sites for hydroxylation is 1. The molecule has 1 aromatic carbocycles. The van der Waals surface area contributed by atoms with Gasteiger partial charge in [-0.2, -0.15) is 0 Å². The molecule has 11 heteroatoms. The van der Waals surface area contributed by atoms with Crippen LogP contribution < -0.4 is 20.3 Å². The summed E-state index contributed by atoms with van der Waals surface area (Å²) < 4.78 is 61.8. The molecule has 4 rings (SSSR count). The Labute approximate surface area is 184 Å². The molecule has 1 amide bonds. The molecule has 2 aromatic heterocycles. The Morgan fingerprint density at radius 2 is 2.03 bits per heavy atom. The SMILES string of the molecule is Cc1ccnc2c1OCC[C@]2(NC(=O)c1ccc(=O)[nH]c1)c1ccc(OC(F)(F)F)c(F)c1. The Balaban J connectivity index is 1.84. The van der Waals surface area contributed by atoms with Crippen molar-refractivity contribution in [2.24, 2.45) is 0 Å². The Morgan fingerprint density at radius 1 is 1.24 bits per heavy atom. The second kappa shape index (κ2) is 8.23. The average molecular weight is 463 g/mol. The van der Waals surface area contributed by atoms with Crippen LogP contribution in [0.15, 0.2) is 53.6 Å². The van der Waals surface area contributed by atoms with Crippen molar-refractivity contribution in [3.63, 3.8) is 0 Å². The lowest BCUT2D eigenvalue weighted by Crippen LogP contribution is -2.50. The summed E-state index contributed by atoms with van der Waals surface area (Å²) in [4.78, 5) is 31.2. The van der Waals surface area contributed by atoms with Crippen LogP contribution in [0.3, 0.4) is 0 Å². The second-order valence-electron chi connectivity index (χ2n) is 7.40. The van der Waals surface area contributed by atoms with Crippen LogP contribution in [0, 0.1) is 12.7 Å². The summed E-state index contributed by atoms with van der Waals surface area (Å²) in [5.74, 6) is -2.50. The van der Waals surface area contributed by atoms with E-state index in [-0.39, 0.29) is 29.8 Å². The average Bonchev–Trinajstić information content (AvgIpc) is 2.75. The van der Waals surface area contributed by atoms with Crippen molar-refractivity contribution in [3.8, 4) is 11.5 Å². The maximum absolute atomic E-state index is 14.6. The Kier molecular flexibility index (Phi) is 5.56. The zero-order valence-corrected chi connectivity index (χ0v) is 17.1. The number of nitrogens with zero attached hydrogens (tertiary/aromatic N) is 1. The van der Waals surface area contributed by atoms with Gasteiger partial charge in [-0.1, -0.05) is 6.07 Å². The molecule has 1 aliphatic heterocycles.